The van der Waals surface area contributed by atoms with Gasteiger partial charge in [-0.2, -0.15) is 5.10 Å². The molecule has 1 aromatic heterocycles. The molecule has 3 rings (SSSR count). The van der Waals surface area contributed by atoms with Crippen molar-refractivity contribution in [3.8, 4) is 11.5 Å². The van der Waals surface area contributed by atoms with Crippen LogP contribution in [0.3, 0.4) is 0 Å². The Morgan fingerprint density at radius 3 is 2.37 bits per heavy atom. The zero-order valence-corrected chi connectivity index (χ0v) is 18.1. The van der Waals surface area contributed by atoms with E-state index in [1.54, 1.807) is 30.5 Å². The van der Waals surface area contributed by atoms with Crippen molar-refractivity contribution in [2.45, 2.75) is 6.92 Å². The molecule has 0 spiro atoms. The molecular weight excluding hydrogens is 422 g/mol. The number of thiophene rings is 1. The van der Waals surface area contributed by atoms with Gasteiger partial charge < -0.3 is 4.74 Å². The smallest absolute Gasteiger partial charge is 0.260 e. The standard InChI is InChI=1S/C21H21N3O4S2/c1-16-12-13-29-20(16)14-22-23-21(25)15-24(30(2,26)27)17-8-10-19(11-9-17)28-18-6-4-3-5-7-18/h3-14H,15H2,1-2H3,(H,23,25)/b22-14-. The van der Waals surface area contributed by atoms with Crippen LogP contribution in [0.1, 0.15) is 10.4 Å². The molecule has 0 radical (unpaired) electrons. The van der Waals surface area contributed by atoms with Crippen molar-refractivity contribution < 1.29 is 17.9 Å². The molecule has 0 aliphatic heterocycles. The first kappa shape index (κ1) is 21.5. The zero-order chi connectivity index (χ0) is 21.6. The third-order valence-electron chi connectivity index (χ3n) is 4.06. The van der Waals surface area contributed by atoms with Gasteiger partial charge in [0.1, 0.15) is 18.0 Å². The summed E-state index contributed by atoms with van der Waals surface area (Å²) < 4.78 is 31.2. The van der Waals surface area contributed by atoms with Crippen LogP contribution in [-0.4, -0.2) is 33.3 Å². The Labute approximate surface area is 179 Å². The first-order valence-electron chi connectivity index (χ1n) is 8.99. The molecule has 156 valence electrons. The van der Waals surface area contributed by atoms with E-state index in [4.69, 9.17) is 4.74 Å². The highest BCUT2D eigenvalue weighted by atomic mass is 32.2. The molecular formula is C21H21N3O4S2. The van der Waals surface area contributed by atoms with Crippen LogP contribution in [-0.2, 0) is 14.8 Å². The summed E-state index contributed by atoms with van der Waals surface area (Å²) in [4.78, 5) is 13.2. The van der Waals surface area contributed by atoms with E-state index in [0.29, 0.717) is 17.2 Å². The minimum atomic E-state index is -3.68. The Kier molecular flexibility index (Phi) is 6.86. The summed E-state index contributed by atoms with van der Waals surface area (Å²) in [5.41, 5.74) is 3.77. The number of aryl methyl sites for hydroxylation is 1. The van der Waals surface area contributed by atoms with E-state index in [0.717, 1.165) is 21.0 Å². The fraction of sp³-hybridized carbons (Fsp3) is 0.143. The normalized spacial score (nSPS) is 11.4. The lowest BCUT2D eigenvalue weighted by Crippen LogP contribution is -2.38. The Balaban J connectivity index is 1.67. The number of ether oxygens (including phenoxy) is 1. The van der Waals surface area contributed by atoms with E-state index < -0.39 is 22.5 Å². The second-order valence-electron chi connectivity index (χ2n) is 6.44. The lowest BCUT2D eigenvalue weighted by atomic mass is 10.3. The summed E-state index contributed by atoms with van der Waals surface area (Å²) in [6.07, 6.45) is 2.59. The van der Waals surface area contributed by atoms with Gasteiger partial charge in [0.2, 0.25) is 10.0 Å². The fourth-order valence-corrected chi connectivity index (χ4v) is 4.19. The van der Waals surface area contributed by atoms with Crippen LogP contribution >= 0.6 is 11.3 Å². The van der Waals surface area contributed by atoms with Crippen molar-refractivity contribution in [2.24, 2.45) is 5.10 Å². The summed E-state index contributed by atoms with van der Waals surface area (Å²) in [6.45, 7) is 1.55. The largest absolute Gasteiger partial charge is 0.457 e. The number of sulfonamides is 1. The number of para-hydroxylation sites is 1. The molecule has 0 saturated heterocycles. The van der Waals surface area contributed by atoms with Gasteiger partial charge >= 0.3 is 0 Å². The monoisotopic (exact) mass is 443 g/mol. The van der Waals surface area contributed by atoms with Crippen LogP contribution in [0.4, 0.5) is 5.69 Å². The number of hydrogen-bond donors (Lipinski definition) is 1. The highest BCUT2D eigenvalue weighted by Crippen LogP contribution is 2.25. The molecule has 2 aromatic carbocycles. The van der Waals surface area contributed by atoms with Crippen LogP contribution < -0.4 is 14.5 Å². The number of carbonyl (C=O) groups excluding carboxylic acids is 1. The maximum Gasteiger partial charge on any atom is 0.260 e. The first-order chi connectivity index (χ1) is 14.3. The van der Waals surface area contributed by atoms with E-state index in [9.17, 15) is 13.2 Å². The lowest BCUT2D eigenvalue weighted by molar-refractivity contribution is -0.119. The van der Waals surface area contributed by atoms with Gasteiger partial charge in [-0.05, 0) is 60.3 Å². The highest BCUT2D eigenvalue weighted by Gasteiger charge is 2.20. The van der Waals surface area contributed by atoms with Crippen LogP contribution in [0.5, 0.6) is 11.5 Å². The van der Waals surface area contributed by atoms with Crippen molar-refractivity contribution in [3.05, 3.63) is 76.5 Å². The number of carbonyl (C=O) groups is 1. The summed E-state index contributed by atoms with van der Waals surface area (Å²) in [7, 11) is -3.68. The van der Waals surface area contributed by atoms with Crippen LogP contribution in [0, 0.1) is 6.92 Å². The van der Waals surface area contributed by atoms with Crippen LogP contribution in [0.25, 0.3) is 0 Å². The zero-order valence-electron chi connectivity index (χ0n) is 16.5. The minimum absolute atomic E-state index is 0.353. The van der Waals surface area contributed by atoms with Crippen molar-refractivity contribution in [1.82, 2.24) is 5.43 Å². The maximum atomic E-state index is 12.2. The van der Waals surface area contributed by atoms with Gasteiger partial charge in [-0.15, -0.1) is 11.3 Å². The number of rotatable bonds is 8. The predicted octanol–water partition coefficient (Wildman–Crippen LogP) is 3.77. The molecule has 30 heavy (non-hydrogen) atoms. The molecule has 0 aliphatic carbocycles. The first-order valence-corrected chi connectivity index (χ1v) is 11.7. The molecule has 0 saturated carbocycles. The van der Waals surface area contributed by atoms with Gasteiger partial charge in [0.15, 0.2) is 0 Å². The van der Waals surface area contributed by atoms with E-state index in [-0.39, 0.29) is 0 Å². The number of nitrogens with zero attached hydrogens (tertiary/aromatic N) is 2. The topological polar surface area (TPSA) is 88.1 Å². The summed E-state index contributed by atoms with van der Waals surface area (Å²) >= 11 is 1.50. The number of hydrogen-bond acceptors (Lipinski definition) is 6. The average Bonchev–Trinajstić information content (AvgIpc) is 3.12. The number of hydrazone groups is 1. The van der Waals surface area contributed by atoms with Crippen LogP contribution in [0.2, 0.25) is 0 Å². The van der Waals surface area contributed by atoms with Gasteiger partial charge in [-0.25, -0.2) is 13.8 Å². The van der Waals surface area contributed by atoms with Gasteiger partial charge in [-0.3, -0.25) is 9.10 Å². The summed E-state index contributed by atoms with van der Waals surface area (Å²) in [5, 5.41) is 5.83. The molecule has 0 fully saturated rings. The number of benzene rings is 2. The molecule has 1 amide bonds. The molecule has 0 aliphatic rings. The molecule has 1 N–H and O–H groups in total. The third-order valence-corrected chi connectivity index (χ3v) is 6.16. The van der Waals surface area contributed by atoms with E-state index >= 15 is 0 Å². The predicted molar refractivity (Wildman–Crippen MR) is 120 cm³/mol. The third kappa shape index (κ3) is 5.91. The van der Waals surface area contributed by atoms with Crippen molar-refractivity contribution in [2.75, 3.05) is 17.1 Å². The minimum Gasteiger partial charge on any atom is -0.457 e. The van der Waals surface area contributed by atoms with Gasteiger partial charge in [0.25, 0.3) is 5.91 Å². The van der Waals surface area contributed by atoms with Crippen molar-refractivity contribution in [3.63, 3.8) is 0 Å². The van der Waals surface area contributed by atoms with E-state index in [2.05, 4.69) is 10.5 Å². The Hall–Kier alpha value is -3.17. The van der Waals surface area contributed by atoms with Crippen molar-refractivity contribution in [1.29, 1.82) is 0 Å². The second kappa shape index (κ2) is 9.55. The second-order valence-corrected chi connectivity index (χ2v) is 9.29. The lowest BCUT2D eigenvalue weighted by Gasteiger charge is -2.21. The number of anilines is 1. The SMILES string of the molecule is Cc1ccsc1/C=N\NC(=O)CN(c1ccc(Oc2ccccc2)cc1)S(C)(=O)=O. The molecule has 0 atom stereocenters. The summed E-state index contributed by atoms with van der Waals surface area (Å²) in [6, 6.07) is 17.7. The van der Waals surface area contributed by atoms with E-state index in [1.807, 2.05) is 48.7 Å². The Morgan fingerprint density at radius 2 is 1.77 bits per heavy atom. The quantitative estimate of drug-likeness (QED) is 0.424. The Morgan fingerprint density at radius 1 is 1.10 bits per heavy atom. The van der Waals surface area contributed by atoms with Crippen LogP contribution in [0.15, 0.2) is 71.1 Å². The van der Waals surface area contributed by atoms with Gasteiger partial charge in [0.05, 0.1) is 18.2 Å². The average molecular weight is 444 g/mol. The maximum absolute atomic E-state index is 12.2. The molecule has 1 heterocycles. The fourth-order valence-electron chi connectivity index (χ4n) is 2.55. The molecule has 9 heteroatoms. The summed E-state index contributed by atoms with van der Waals surface area (Å²) in [5.74, 6) is 0.678. The highest BCUT2D eigenvalue weighted by molar-refractivity contribution is 7.92. The molecule has 0 bridgehead atoms. The molecule has 3 aromatic rings. The number of amides is 1. The van der Waals surface area contributed by atoms with Gasteiger partial charge in [-0.1, -0.05) is 18.2 Å². The van der Waals surface area contributed by atoms with Crippen molar-refractivity contribution >= 4 is 39.2 Å². The Bertz CT molecular complexity index is 1120. The molecule has 7 nitrogen and oxygen atoms in total. The van der Waals surface area contributed by atoms with Gasteiger partial charge in [0, 0.05) is 4.88 Å². The molecule has 0 unspecified atom stereocenters. The van der Waals surface area contributed by atoms with E-state index in [1.165, 1.54) is 11.3 Å². The number of nitrogens with one attached hydrogen (secondary N) is 1.